The van der Waals surface area contributed by atoms with Crippen LogP contribution in [0.3, 0.4) is 0 Å². The largest absolute Gasteiger partial charge is 0.497 e. The summed E-state index contributed by atoms with van der Waals surface area (Å²) in [6, 6.07) is 11.7. The number of anilines is 1. The number of carbonyl (C=O) groups is 1. The molecule has 4 rings (SSSR count). The third-order valence-electron chi connectivity index (χ3n) is 5.01. The molecular weight excluding hydrogens is 458 g/mol. The standard InChI is InChI=1S/C23H23N5O3S2/c1-13-5-6-15(9-14(13)2)18-11-32-22(24-18)25-20(29)12-33-23-26-21(27-28-23)17-8-7-16(30-3)10-19(17)31-4/h5-11H,12H2,1-4H3,(H,24,25,29)(H,26,27,28). The number of rotatable bonds is 8. The maximum Gasteiger partial charge on any atom is 0.236 e. The summed E-state index contributed by atoms with van der Waals surface area (Å²) < 4.78 is 10.6. The molecule has 33 heavy (non-hydrogen) atoms. The smallest absolute Gasteiger partial charge is 0.236 e. The monoisotopic (exact) mass is 481 g/mol. The van der Waals surface area contributed by atoms with Crippen LogP contribution in [-0.4, -0.2) is 46.0 Å². The van der Waals surface area contributed by atoms with Crippen molar-refractivity contribution in [2.45, 2.75) is 19.0 Å². The normalized spacial score (nSPS) is 10.8. The van der Waals surface area contributed by atoms with Gasteiger partial charge in [-0.1, -0.05) is 23.9 Å². The highest BCUT2D eigenvalue weighted by molar-refractivity contribution is 7.99. The van der Waals surface area contributed by atoms with E-state index in [1.165, 1.54) is 34.2 Å². The number of ether oxygens (including phenoxy) is 2. The van der Waals surface area contributed by atoms with Crippen molar-refractivity contribution in [1.29, 1.82) is 0 Å². The number of carbonyl (C=O) groups excluding carboxylic acids is 1. The van der Waals surface area contributed by atoms with Crippen molar-refractivity contribution < 1.29 is 14.3 Å². The summed E-state index contributed by atoms with van der Waals surface area (Å²) in [7, 11) is 3.18. The van der Waals surface area contributed by atoms with E-state index in [4.69, 9.17) is 9.47 Å². The van der Waals surface area contributed by atoms with Crippen LogP contribution in [0.15, 0.2) is 46.9 Å². The second-order valence-corrected chi connectivity index (χ2v) is 9.01. The highest BCUT2D eigenvalue weighted by atomic mass is 32.2. The van der Waals surface area contributed by atoms with Gasteiger partial charge in [0.2, 0.25) is 11.1 Å². The van der Waals surface area contributed by atoms with Crippen LogP contribution in [0.1, 0.15) is 11.1 Å². The van der Waals surface area contributed by atoms with Gasteiger partial charge in [0.15, 0.2) is 11.0 Å². The van der Waals surface area contributed by atoms with Crippen molar-refractivity contribution in [1.82, 2.24) is 20.2 Å². The van der Waals surface area contributed by atoms with Crippen LogP contribution in [-0.2, 0) is 4.79 Å². The quantitative estimate of drug-likeness (QED) is 0.343. The number of hydrogen-bond donors (Lipinski definition) is 2. The molecule has 170 valence electrons. The fourth-order valence-electron chi connectivity index (χ4n) is 3.08. The molecule has 0 atom stereocenters. The number of nitrogens with zero attached hydrogens (tertiary/aromatic N) is 3. The number of nitrogens with one attached hydrogen (secondary N) is 2. The second kappa shape index (κ2) is 10.1. The topological polar surface area (TPSA) is 102 Å². The van der Waals surface area contributed by atoms with Gasteiger partial charge >= 0.3 is 0 Å². The van der Waals surface area contributed by atoms with Crippen LogP contribution in [0.4, 0.5) is 5.13 Å². The van der Waals surface area contributed by atoms with Gasteiger partial charge in [-0.25, -0.2) is 9.97 Å². The molecule has 0 radical (unpaired) electrons. The Balaban J connectivity index is 1.36. The van der Waals surface area contributed by atoms with E-state index in [0.29, 0.717) is 27.6 Å². The molecule has 0 fully saturated rings. The van der Waals surface area contributed by atoms with Crippen LogP contribution in [0.25, 0.3) is 22.6 Å². The van der Waals surface area contributed by atoms with Crippen molar-refractivity contribution >= 4 is 34.1 Å². The first kappa shape index (κ1) is 22.8. The van der Waals surface area contributed by atoms with Gasteiger partial charge in [0.25, 0.3) is 0 Å². The Morgan fingerprint density at radius 1 is 1.09 bits per heavy atom. The van der Waals surface area contributed by atoms with Crippen LogP contribution in [0.5, 0.6) is 11.5 Å². The summed E-state index contributed by atoms with van der Waals surface area (Å²) in [4.78, 5) is 21.4. The number of aryl methyl sites for hydroxylation is 2. The molecule has 0 saturated heterocycles. The minimum absolute atomic E-state index is 0.162. The second-order valence-electron chi connectivity index (χ2n) is 7.21. The van der Waals surface area contributed by atoms with Crippen molar-refractivity contribution in [3.63, 3.8) is 0 Å². The Kier molecular flexibility index (Phi) is 6.95. The molecular formula is C23H23N5O3S2. The Labute approximate surface area is 199 Å². The zero-order valence-corrected chi connectivity index (χ0v) is 20.3. The lowest BCUT2D eigenvalue weighted by molar-refractivity contribution is -0.113. The number of aromatic amines is 1. The third-order valence-corrected chi connectivity index (χ3v) is 6.62. The van der Waals surface area contributed by atoms with Crippen molar-refractivity contribution in [3.8, 4) is 34.1 Å². The lowest BCUT2D eigenvalue weighted by atomic mass is 10.1. The number of aromatic nitrogens is 4. The molecule has 2 N–H and O–H groups in total. The summed E-state index contributed by atoms with van der Waals surface area (Å²) in [6.07, 6.45) is 0. The van der Waals surface area contributed by atoms with Gasteiger partial charge in [0.05, 0.1) is 31.2 Å². The summed E-state index contributed by atoms with van der Waals surface area (Å²) in [6.45, 7) is 4.15. The van der Waals surface area contributed by atoms with Crippen LogP contribution in [0.2, 0.25) is 0 Å². The van der Waals surface area contributed by atoms with Gasteiger partial charge in [-0.2, -0.15) is 0 Å². The van der Waals surface area contributed by atoms with Gasteiger partial charge in [0.1, 0.15) is 11.5 Å². The molecule has 2 aromatic carbocycles. The zero-order valence-electron chi connectivity index (χ0n) is 18.6. The molecule has 1 amide bonds. The first-order valence-corrected chi connectivity index (χ1v) is 11.9. The number of thioether (sulfide) groups is 1. The number of methoxy groups -OCH3 is 2. The van der Waals surface area contributed by atoms with E-state index < -0.39 is 0 Å². The molecule has 0 aliphatic rings. The van der Waals surface area contributed by atoms with Crippen LogP contribution < -0.4 is 14.8 Å². The molecule has 0 bridgehead atoms. The molecule has 2 heterocycles. The first-order chi connectivity index (χ1) is 16.0. The van der Waals surface area contributed by atoms with E-state index in [1.807, 2.05) is 23.6 Å². The van der Waals surface area contributed by atoms with Crippen molar-refractivity contribution in [3.05, 3.63) is 52.9 Å². The predicted octanol–water partition coefficient (Wildman–Crippen LogP) is 4.96. The maximum absolute atomic E-state index is 12.4. The summed E-state index contributed by atoms with van der Waals surface area (Å²) in [5, 5.41) is 12.9. The molecule has 0 aliphatic carbocycles. The molecule has 2 aromatic heterocycles. The lowest BCUT2D eigenvalue weighted by Crippen LogP contribution is -2.13. The van der Waals surface area contributed by atoms with Gasteiger partial charge < -0.3 is 14.8 Å². The SMILES string of the molecule is COc1ccc(-c2nc(SCC(=O)Nc3nc(-c4ccc(C)c(C)c4)cs3)n[nH]2)c(OC)c1. The van der Waals surface area contributed by atoms with E-state index in [-0.39, 0.29) is 11.7 Å². The molecule has 4 aromatic rings. The molecule has 0 aliphatic heterocycles. The number of hydrogen-bond acceptors (Lipinski definition) is 8. The minimum atomic E-state index is -0.172. The first-order valence-electron chi connectivity index (χ1n) is 10.1. The van der Waals surface area contributed by atoms with Gasteiger partial charge in [-0.15, -0.1) is 16.4 Å². The van der Waals surface area contributed by atoms with Gasteiger partial charge in [-0.3, -0.25) is 9.89 Å². The summed E-state index contributed by atoms with van der Waals surface area (Å²) in [5.41, 5.74) is 5.08. The zero-order chi connectivity index (χ0) is 23.4. The highest BCUT2D eigenvalue weighted by Gasteiger charge is 2.14. The van der Waals surface area contributed by atoms with E-state index >= 15 is 0 Å². The summed E-state index contributed by atoms with van der Waals surface area (Å²) in [5.74, 6) is 1.84. The van der Waals surface area contributed by atoms with E-state index in [0.717, 1.165) is 16.8 Å². The molecule has 0 unspecified atom stereocenters. The van der Waals surface area contributed by atoms with E-state index in [2.05, 4.69) is 51.5 Å². The van der Waals surface area contributed by atoms with Gasteiger partial charge in [0, 0.05) is 17.0 Å². The van der Waals surface area contributed by atoms with Crippen molar-refractivity contribution in [2.24, 2.45) is 0 Å². The fraction of sp³-hybridized carbons (Fsp3) is 0.217. The molecule has 0 spiro atoms. The number of H-pyrrole nitrogens is 1. The van der Waals surface area contributed by atoms with Crippen LogP contribution in [0, 0.1) is 13.8 Å². The third kappa shape index (κ3) is 5.35. The number of amides is 1. The Hall–Kier alpha value is -3.37. The molecule has 10 heteroatoms. The molecule has 8 nitrogen and oxygen atoms in total. The number of benzene rings is 2. The highest BCUT2D eigenvalue weighted by Crippen LogP contribution is 2.32. The Morgan fingerprint density at radius 2 is 1.94 bits per heavy atom. The lowest BCUT2D eigenvalue weighted by Gasteiger charge is -2.07. The minimum Gasteiger partial charge on any atom is -0.497 e. The van der Waals surface area contributed by atoms with E-state index in [1.54, 1.807) is 20.3 Å². The number of thiazole rings is 1. The van der Waals surface area contributed by atoms with Crippen LogP contribution >= 0.6 is 23.1 Å². The summed E-state index contributed by atoms with van der Waals surface area (Å²) >= 11 is 2.64. The van der Waals surface area contributed by atoms with Crippen molar-refractivity contribution in [2.75, 3.05) is 25.3 Å². The Bertz CT molecular complexity index is 1280. The fourth-order valence-corrected chi connectivity index (χ4v) is 4.41. The van der Waals surface area contributed by atoms with E-state index in [9.17, 15) is 4.79 Å². The molecule has 0 saturated carbocycles. The average molecular weight is 482 g/mol. The van der Waals surface area contributed by atoms with Gasteiger partial charge in [-0.05, 0) is 43.2 Å². The maximum atomic E-state index is 12.4. The Morgan fingerprint density at radius 3 is 2.70 bits per heavy atom. The predicted molar refractivity (Wildman–Crippen MR) is 131 cm³/mol. The average Bonchev–Trinajstić information content (AvgIpc) is 3.49.